The Balaban J connectivity index is 0.000000718. The Morgan fingerprint density at radius 2 is 1.45 bits per heavy atom. The molecule has 0 spiro atoms. The van der Waals surface area contributed by atoms with Gasteiger partial charge in [0.15, 0.2) is 0 Å². The molecule has 178 valence electrons. The summed E-state index contributed by atoms with van der Waals surface area (Å²) in [6.07, 6.45) is 1.03. The summed E-state index contributed by atoms with van der Waals surface area (Å²) in [4.78, 5) is 0. The van der Waals surface area contributed by atoms with E-state index in [1.54, 1.807) is 23.3 Å². The van der Waals surface area contributed by atoms with Crippen LogP contribution in [0.15, 0.2) is 54.6 Å². The number of halogens is 2. The topological polar surface area (TPSA) is 0 Å². The summed E-state index contributed by atoms with van der Waals surface area (Å²) < 4.78 is 0. The molecular formula is C29H38Cl2SiZr-2. The van der Waals surface area contributed by atoms with E-state index in [1.165, 1.54) is 38.9 Å². The zero-order valence-corrected chi connectivity index (χ0v) is 26.6. The van der Waals surface area contributed by atoms with E-state index < -0.39 is 0 Å². The fourth-order valence-electron chi connectivity index (χ4n) is 3.50. The van der Waals surface area contributed by atoms with Gasteiger partial charge in [0.25, 0.3) is 0 Å². The van der Waals surface area contributed by atoms with Crippen LogP contribution in [0.25, 0.3) is 11.1 Å². The van der Waals surface area contributed by atoms with Crippen LogP contribution in [0.3, 0.4) is 0 Å². The average molecular weight is 577 g/mol. The maximum absolute atomic E-state index is 3.67. The van der Waals surface area contributed by atoms with Crippen LogP contribution >= 0.6 is 0 Å². The molecule has 0 amide bonds. The number of aryl methyl sites for hydroxylation is 1. The van der Waals surface area contributed by atoms with Gasteiger partial charge in [-0.05, 0) is 28.4 Å². The zero-order valence-electron chi connectivity index (χ0n) is 21.7. The van der Waals surface area contributed by atoms with E-state index in [1.807, 2.05) is 12.1 Å². The zero-order chi connectivity index (χ0) is 23.4. The van der Waals surface area contributed by atoms with Gasteiger partial charge in [-0.25, -0.2) is 12.1 Å². The van der Waals surface area contributed by atoms with E-state index in [9.17, 15) is 0 Å². The smallest absolute Gasteiger partial charge is 0.0635 e. The number of fused-ring (bicyclic) bond motifs is 3. The largest absolute Gasteiger partial charge is 1.00 e. The van der Waals surface area contributed by atoms with Crippen LogP contribution in [0.2, 0.25) is 13.1 Å². The van der Waals surface area contributed by atoms with Crippen molar-refractivity contribution < 1.29 is 48.1 Å². The van der Waals surface area contributed by atoms with Crippen molar-refractivity contribution in [3.63, 3.8) is 0 Å². The molecule has 0 saturated carbocycles. The molecule has 0 bridgehead atoms. The molecule has 0 aliphatic heterocycles. The van der Waals surface area contributed by atoms with Gasteiger partial charge in [-0.15, -0.1) is 11.1 Å². The van der Waals surface area contributed by atoms with Gasteiger partial charge in [0.05, 0.1) is 0 Å². The first-order valence-electron chi connectivity index (χ1n) is 11.2. The second kappa shape index (κ2) is 13.5. The minimum Gasteiger partial charge on any atom is -1.00 e. The minimum absolute atomic E-state index is 0. The van der Waals surface area contributed by atoms with Crippen LogP contribution in [0, 0.1) is 13.0 Å². The van der Waals surface area contributed by atoms with Crippen LogP contribution in [0.5, 0.6) is 0 Å². The Kier molecular flexibility index (Phi) is 13.3. The molecule has 0 N–H and O–H groups in total. The van der Waals surface area contributed by atoms with E-state index in [0.717, 1.165) is 6.42 Å². The van der Waals surface area contributed by atoms with Gasteiger partial charge in [0, 0.05) is 0 Å². The third kappa shape index (κ3) is 9.93. The van der Waals surface area contributed by atoms with Crippen molar-refractivity contribution in [2.45, 2.75) is 78.8 Å². The quantitative estimate of drug-likeness (QED) is 0.222. The Morgan fingerprint density at radius 1 is 0.879 bits per heavy atom. The van der Waals surface area contributed by atoms with Crippen molar-refractivity contribution >= 4 is 5.43 Å². The second-order valence-electron chi connectivity index (χ2n) is 10.8. The van der Waals surface area contributed by atoms with Crippen molar-refractivity contribution in [1.29, 1.82) is 0 Å². The fraction of sp³-hybridized carbons (Fsp3) is 0.414. The predicted octanol–water partition coefficient (Wildman–Crippen LogP) is 2.16. The van der Waals surface area contributed by atoms with E-state index in [-0.39, 0.29) is 41.1 Å². The van der Waals surface area contributed by atoms with Crippen LogP contribution in [0.1, 0.15) is 69.4 Å². The van der Waals surface area contributed by atoms with Crippen LogP contribution in [0.4, 0.5) is 0 Å². The summed E-state index contributed by atoms with van der Waals surface area (Å²) >= 11 is 1.74. The summed E-state index contributed by atoms with van der Waals surface area (Å²) in [5.41, 5.74) is 10.3. The van der Waals surface area contributed by atoms with Gasteiger partial charge < -0.3 is 24.8 Å². The number of benzene rings is 2. The van der Waals surface area contributed by atoms with Gasteiger partial charge in [0.2, 0.25) is 0 Å². The molecule has 1 aliphatic rings. The van der Waals surface area contributed by atoms with E-state index >= 15 is 0 Å². The normalized spacial score (nSPS) is 11.4. The molecular weight excluding hydrogens is 539 g/mol. The standard InChI is InChI=1S/C21H25.C6H7.C2H6Si.2ClH.Zr/c1-20(2,3)16-7-9-18-14(12-16)11-15-13-17(21(4,5)6)8-10-19(15)18;1-6-4-2-3-5-6;1-3-2;;;/h7-10,12H,11H2,1-6H3;2-5H,1H3;1-2H3;2*1H;/q2*-1;;;;+2/p-2. The van der Waals surface area contributed by atoms with Crippen molar-refractivity contribution in [3.05, 3.63) is 88.5 Å². The Labute approximate surface area is 230 Å². The molecule has 1 aliphatic carbocycles. The molecule has 4 heteroatoms. The second-order valence-corrected chi connectivity index (χ2v) is 20.1. The SMILES string of the molecule is CC(C)(C)c1[c-]c2c(cc1)-c1ccc(C(C)(C)C)cc1C2.C[Si](C)=[Zr+2].Cc1ccc[cH-]1.[Cl-].[Cl-]. The molecule has 0 aromatic heterocycles. The fourth-order valence-corrected chi connectivity index (χ4v) is 3.50. The molecule has 0 unspecified atom stereocenters. The first-order chi connectivity index (χ1) is 14.3. The number of hydrogen-bond acceptors (Lipinski definition) is 0. The van der Waals surface area contributed by atoms with Crippen LogP contribution in [-0.2, 0) is 40.6 Å². The van der Waals surface area contributed by atoms with Gasteiger partial charge in [-0.3, -0.25) is 0 Å². The molecule has 4 rings (SSSR count). The van der Waals surface area contributed by atoms with E-state index in [4.69, 9.17) is 0 Å². The van der Waals surface area contributed by atoms with Gasteiger partial charge >= 0.3 is 41.9 Å². The average Bonchev–Trinajstić information content (AvgIpc) is 3.25. The Bertz CT molecular complexity index is 957. The summed E-state index contributed by atoms with van der Waals surface area (Å²) in [5.74, 6) is 0. The molecule has 3 aromatic carbocycles. The first-order valence-corrected chi connectivity index (χ1v) is 17.4. The van der Waals surface area contributed by atoms with E-state index in [2.05, 4.69) is 110 Å². The summed E-state index contributed by atoms with van der Waals surface area (Å²) in [6.45, 7) is 20.3. The summed E-state index contributed by atoms with van der Waals surface area (Å²) in [6, 6.07) is 23.4. The van der Waals surface area contributed by atoms with Gasteiger partial charge in [0.1, 0.15) is 0 Å². The monoisotopic (exact) mass is 574 g/mol. The first kappa shape index (κ1) is 32.5. The molecule has 33 heavy (non-hydrogen) atoms. The molecule has 0 radical (unpaired) electrons. The van der Waals surface area contributed by atoms with Crippen LogP contribution < -0.4 is 24.8 Å². The molecule has 0 saturated heterocycles. The minimum atomic E-state index is 0. The Morgan fingerprint density at radius 3 is 1.88 bits per heavy atom. The van der Waals surface area contributed by atoms with Crippen molar-refractivity contribution in [1.82, 2.24) is 0 Å². The van der Waals surface area contributed by atoms with E-state index in [0.29, 0.717) is 0 Å². The maximum Gasteiger partial charge on any atom is -0.0635 e. The number of rotatable bonds is 0. The molecule has 0 heterocycles. The summed E-state index contributed by atoms with van der Waals surface area (Å²) in [5, 5.41) is 0. The Hall–Kier alpha value is -0.530. The molecule has 0 atom stereocenters. The molecule has 3 aromatic rings. The van der Waals surface area contributed by atoms with Crippen molar-refractivity contribution in [2.75, 3.05) is 0 Å². The third-order valence-corrected chi connectivity index (χ3v) is 5.29. The van der Waals surface area contributed by atoms with Crippen molar-refractivity contribution in [3.8, 4) is 11.1 Å². The van der Waals surface area contributed by atoms with Gasteiger partial charge in [-0.1, -0.05) is 72.2 Å². The maximum atomic E-state index is 3.67. The molecule has 0 fully saturated rings. The van der Waals surface area contributed by atoms with Crippen molar-refractivity contribution in [2.24, 2.45) is 0 Å². The van der Waals surface area contributed by atoms with Gasteiger partial charge in [-0.2, -0.15) is 41.5 Å². The predicted molar refractivity (Wildman–Crippen MR) is 135 cm³/mol. The third-order valence-electron chi connectivity index (χ3n) is 5.29. The molecule has 0 nitrogen and oxygen atoms in total. The number of hydrogen-bond donors (Lipinski definition) is 0. The summed E-state index contributed by atoms with van der Waals surface area (Å²) in [7, 11) is 0. The van der Waals surface area contributed by atoms with Crippen LogP contribution in [-0.4, -0.2) is 5.43 Å².